The van der Waals surface area contributed by atoms with Gasteiger partial charge >= 0.3 is 6.18 Å². The summed E-state index contributed by atoms with van der Waals surface area (Å²) < 4.78 is 41.0. The van der Waals surface area contributed by atoms with E-state index in [2.05, 4.69) is 10.6 Å². The molecule has 166 valence electrons. The topological polar surface area (TPSA) is 98.8 Å². The van der Waals surface area contributed by atoms with Gasteiger partial charge in [0, 0.05) is 32.1 Å². The first-order valence-corrected chi connectivity index (χ1v) is 9.97. The van der Waals surface area contributed by atoms with Gasteiger partial charge in [-0.15, -0.1) is 0 Å². The molecule has 2 N–H and O–H groups in total. The van der Waals surface area contributed by atoms with Crippen LogP contribution in [-0.4, -0.2) is 70.8 Å². The molecule has 0 saturated carbocycles. The number of benzene rings is 1. The normalized spacial score (nSPS) is 27.5. The minimum absolute atomic E-state index is 0.0108. The molecule has 2 fully saturated rings. The van der Waals surface area contributed by atoms with E-state index in [0.717, 1.165) is 4.90 Å². The van der Waals surface area contributed by atoms with Crippen molar-refractivity contribution in [1.82, 2.24) is 20.4 Å². The van der Waals surface area contributed by atoms with Gasteiger partial charge in [-0.1, -0.05) is 12.1 Å². The van der Waals surface area contributed by atoms with Crippen molar-refractivity contribution >= 4 is 23.6 Å². The van der Waals surface area contributed by atoms with Crippen LogP contribution in [0.5, 0.6) is 0 Å². The summed E-state index contributed by atoms with van der Waals surface area (Å²) in [6.45, 7) is 1.77. The maximum atomic E-state index is 13.7. The third-order valence-electron chi connectivity index (χ3n) is 6.00. The fourth-order valence-electron chi connectivity index (χ4n) is 4.61. The Labute approximate surface area is 175 Å². The summed E-state index contributed by atoms with van der Waals surface area (Å²) in [5.74, 6) is -2.63. The van der Waals surface area contributed by atoms with Crippen LogP contribution in [0.15, 0.2) is 18.2 Å². The Hall–Kier alpha value is -2.79. The molecule has 3 atom stereocenters. The number of halogens is 3. The van der Waals surface area contributed by atoms with Crippen molar-refractivity contribution in [1.29, 1.82) is 0 Å². The van der Waals surface area contributed by atoms with Crippen molar-refractivity contribution in [3.05, 3.63) is 34.9 Å². The molecule has 11 heteroatoms. The molecule has 8 nitrogen and oxygen atoms in total. The molecular formula is C20H21F3N4O4. The summed E-state index contributed by atoms with van der Waals surface area (Å²) >= 11 is 0. The number of rotatable bonds is 3. The second kappa shape index (κ2) is 7.72. The summed E-state index contributed by atoms with van der Waals surface area (Å²) in [5, 5.41) is 4.94. The first-order chi connectivity index (χ1) is 14.6. The van der Waals surface area contributed by atoms with E-state index < -0.39 is 47.9 Å². The fourth-order valence-corrected chi connectivity index (χ4v) is 4.61. The molecule has 1 aromatic rings. The number of amides is 4. The van der Waals surface area contributed by atoms with Crippen molar-refractivity contribution in [2.24, 2.45) is 0 Å². The second-order valence-corrected chi connectivity index (χ2v) is 7.99. The van der Waals surface area contributed by atoms with Gasteiger partial charge in [0.15, 0.2) is 0 Å². The van der Waals surface area contributed by atoms with Crippen LogP contribution in [0.4, 0.5) is 13.2 Å². The summed E-state index contributed by atoms with van der Waals surface area (Å²) in [4.78, 5) is 51.7. The van der Waals surface area contributed by atoms with Gasteiger partial charge in [-0.2, -0.15) is 13.2 Å². The third-order valence-corrected chi connectivity index (χ3v) is 6.00. The Morgan fingerprint density at radius 2 is 1.87 bits per heavy atom. The number of hydrogen-bond donors (Lipinski definition) is 2. The molecule has 3 aliphatic rings. The predicted molar refractivity (Wildman–Crippen MR) is 101 cm³/mol. The van der Waals surface area contributed by atoms with E-state index in [1.165, 1.54) is 30.0 Å². The number of carbonyl (C=O) groups is 4. The highest BCUT2D eigenvalue weighted by Gasteiger charge is 2.49. The lowest BCUT2D eigenvalue weighted by Gasteiger charge is -2.41. The number of piperidine rings is 1. The lowest BCUT2D eigenvalue weighted by Crippen LogP contribution is -2.62. The summed E-state index contributed by atoms with van der Waals surface area (Å²) in [5.41, 5.74) is 0.372. The van der Waals surface area contributed by atoms with Gasteiger partial charge in [-0.25, -0.2) is 0 Å². The van der Waals surface area contributed by atoms with E-state index in [1.807, 2.05) is 0 Å². The number of nitrogens with one attached hydrogen (secondary N) is 2. The Morgan fingerprint density at radius 1 is 1.13 bits per heavy atom. The van der Waals surface area contributed by atoms with Crippen LogP contribution in [0.3, 0.4) is 0 Å². The smallest absolute Gasteiger partial charge is 0.311 e. The molecule has 3 aliphatic heterocycles. The summed E-state index contributed by atoms with van der Waals surface area (Å²) in [6.07, 6.45) is -4.47. The van der Waals surface area contributed by atoms with Crippen LogP contribution in [0.25, 0.3) is 0 Å². The van der Waals surface area contributed by atoms with Crippen molar-refractivity contribution in [2.45, 2.75) is 50.6 Å². The highest BCUT2D eigenvalue weighted by atomic mass is 19.4. The maximum absolute atomic E-state index is 13.7. The molecule has 31 heavy (non-hydrogen) atoms. The zero-order chi connectivity index (χ0) is 22.5. The van der Waals surface area contributed by atoms with Crippen LogP contribution in [0.1, 0.15) is 46.0 Å². The zero-order valence-electron chi connectivity index (χ0n) is 16.7. The molecule has 0 spiro atoms. The van der Waals surface area contributed by atoms with E-state index in [4.69, 9.17) is 0 Å². The molecule has 0 aromatic heterocycles. The van der Waals surface area contributed by atoms with Crippen LogP contribution in [0.2, 0.25) is 0 Å². The molecule has 1 unspecified atom stereocenters. The maximum Gasteiger partial charge on any atom is 0.405 e. The summed E-state index contributed by atoms with van der Waals surface area (Å²) in [6, 6.07) is 0.769. The average molecular weight is 438 g/mol. The van der Waals surface area contributed by atoms with E-state index in [9.17, 15) is 32.3 Å². The minimum Gasteiger partial charge on any atom is -0.311 e. The molecule has 0 radical (unpaired) electrons. The van der Waals surface area contributed by atoms with Gasteiger partial charge in [0.2, 0.25) is 11.8 Å². The van der Waals surface area contributed by atoms with Crippen molar-refractivity contribution in [3.63, 3.8) is 0 Å². The Kier molecular flexibility index (Phi) is 5.34. The second-order valence-electron chi connectivity index (χ2n) is 7.99. The first-order valence-electron chi connectivity index (χ1n) is 9.97. The van der Waals surface area contributed by atoms with E-state index in [-0.39, 0.29) is 37.1 Å². The lowest BCUT2D eigenvalue weighted by atomic mass is 9.99. The van der Waals surface area contributed by atoms with Crippen LogP contribution in [0, 0.1) is 0 Å². The van der Waals surface area contributed by atoms with Crippen LogP contribution in [-0.2, 0) is 16.1 Å². The minimum atomic E-state index is -4.47. The number of hydrogen-bond acceptors (Lipinski definition) is 6. The number of piperazine rings is 1. The van der Waals surface area contributed by atoms with Crippen LogP contribution < -0.4 is 10.6 Å². The molecule has 2 saturated heterocycles. The van der Waals surface area contributed by atoms with Gasteiger partial charge in [-0.05, 0) is 25.0 Å². The van der Waals surface area contributed by atoms with E-state index in [0.29, 0.717) is 12.1 Å². The standard InChI is InChI=1S/C20H21F3N4O4/c1-10-16(20(21,22)23)26(8-7-24-10)9-11-3-2-4-12-15(11)19(31)27(18(12)30)13-5-6-14(28)25-17(13)29/h2-4,10,13,16,24H,5-9H2,1H3,(H,25,28,29)/t10-,13?,16-/m1/s1. The third kappa shape index (κ3) is 3.72. The predicted octanol–water partition coefficient (Wildman–Crippen LogP) is 0.812. The van der Waals surface area contributed by atoms with Gasteiger partial charge in [0.05, 0.1) is 11.1 Å². The highest BCUT2D eigenvalue weighted by Crippen LogP contribution is 2.33. The number of carbonyl (C=O) groups excluding carboxylic acids is 4. The number of alkyl halides is 3. The van der Waals surface area contributed by atoms with E-state index in [1.54, 1.807) is 0 Å². The van der Waals surface area contributed by atoms with Crippen molar-refractivity contribution in [3.8, 4) is 0 Å². The SMILES string of the molecule is C[C@H]1NCCN(Cc2cccc3c2C(=O)N(C2CCC(=O)NC2=O)C3=O)[C@H]1C(F)(F)F. The van der Waals surface area contributed by atoms with E-state index >= 15 is 0 Å². The summed E-state index contributed by atoms with van der Waals surface area (Å²) in [7, 11) is 0. The van der Waals surface area contributed by atoms with Gasteiger partial charge in [0.1, 0.15) is 12.1 Å². The first kappa shape index (κ1) is 21.4. The molecule has 4 rings (SSSR count). The Bertz CT molecular complexity index is 964. The van der Waals surface area contributed by atoms with Crippen LogP contribution >= 0.6 is 0 Å². The van der Waals surface area contributed by atoms with Gasteiger partial charge < -0.3 is 5.32 Å². The fraction of sp³-hybridized carbons (Fsp3) is 0.500. The molecule has 4 amide bonds. The molecule has 0 bridgehead atoms. The largest absolute Gasteiger partial charge is 0.405 e. The molecule has 0 aliphatic carbocycles. The molecule has 3 heterocycles. The Morgan fingerprint density at radius 3 is 2.55 bits per heavy atom. The Balaban J connectivity index is 1.65. The van der Waals surface area contributed by atoms with Crippen molar-refractivity contribution < 1.29 is 32.3 Å². The number of nitrogens with zero attached hydrogens (tertiary/aromatic N) is 2. The van der Waals surface area contributed by atoms with Crippen molar-refractivity contribution in [2.75, 3.05) is 13.1 Å². The van der Waals surface area contributed by atoms with Gasteiger partial charge in [0.25, 0.3) is 11.8 Å². The van der Waals surface area contributed by atoms with Gasteiger partial charge in [-0.3, -0.25) is 34.3 Å². The zero-order valence-corrected chi connectivity index (χ0v) is 16.7. The molecular weight excluding hydrogens is 417 g/mol. The average Bonchev–Trinajstić information content (AvgIpc) is 2.93. The monoisotopic (exact) mass is 438 g/mol. The quantitative estimate of drug-likeness (QED) is 0.678. The highest BCUT2D eigenvalue weighted by molar-refractivity contribution is 6.24. The number of fused-ring (bicyclic) bond motifs is 1. The lowest BCUT2D eigenvalue weighted by molar-refractivity contribution is -0.197. The number of imide groups is 2. The molecule has 1 aromatic carbocycles.